The molecule has 0 spiro atoms. The Hall–Kier alpha value is -2.88. The summed E-state index contributed by atoms with van der Waals surface area (Å²) >= 11 is 0. The number of rotatable bonds is 3. The SMILES string of the molecule is C=COC(=O)c1ccccc1.O=C(O)c1ccccc1. The highest BCUT2D eigenvalue weighted by molar-refractivity contribution is 5.89. The van der Waals surface area contributed by atoms with Crippen molar-refractivity contribution in [3.63, 3.8) is 0 Å². The molecule has 1 N–H and O–H groups in total. The van der Waals surface area contributed by atoms with Gasteiger partial charge in [0.05, 0.1) is 17.4 Å². The predicted molar refractivity (Wildman–Crippen MR) is 75.5 cm³/mol. The van der Waals surface area contributed by atoms with Crippen molar-refractivity contribution in [1.29, 1.82) is 0 Å². The number of hydrogen-bond donors (Lipinski definition) is 1. The minimum absolute atomic E-state index is 0.331. The molecular formula is C16H14O4. The van der Waals surface area contributed by atoms with Crippen LogP contribution in [-0.4, -0.2) is 17.0 Å². The third kappa shape index (κ3) is 5.18. The molecule has 0 heterocycles. The molecule has 2 aromatic carbocycles. The van der Waals surface area contributed by atoms with Crippen LogP contribution in [0.2, 0.25) is 0 Å². The number of ether oxygens (including phenoxy) is 1. The lowest BCUT2D eigenvalue weighted by Gasteiger charge is -1.96. The molecule has 20 heavy (non-hydrogen) atoms. The molecule has 0 bridgehead atoms. The number of esters is 1. The molecule has 0 aliphatic carbocycles. The monoisotopic (exact) mass is 270 g/mol. The Morgan fingerprint density at radius 1 is 0.900 bits per heavy atom. The van der Waals surface area contributed by atoms with Crippen molar-refractivity contribution in [2.24, 2.45) is 0 Å². The summed E-state index contributed by atoms with van der Waals surface area (Å²) in [6.45, 7) is 3.28. The Kier molecular flexibility index (Phi) is 6.27. The van der Waals surface area contributed by atoms with Gasteiger partial charge in [0.1, 0.15) is 0 Å². The van der Waals surface area contributed by atoms with Crippen molar-refractivity contribution in [3.8, 4) is 0 Å². The van der Waals surface area contributed by atoms with Crippen LogP contribution in [0.4, 0.5) is 0 Å². The molecular weight excluding hydrogens is 256 g/mol. The Balaban J connectivity index is 0.000000204. The maximum absolute atomic E-state index is 11.0. The van der Waals surface area contributed by atoms with E-state index in [-0.39, 0.29) is 5.97 Å². The number of carbonyl (C=O) groups is 2. The summed E-state index contributed by atoms with van der Waals surface area (Å²) in [7, 11) is 0. The van der Waals surface area contributed by atoms with Crippen LogP contribution in [0.3, 0.4) is 0 Å². The van der Waals surface area contributed by atoms with Gasteiger partial charge in [-0.3, -0.25) is 0 Å². The quantitative estimate of drug-likeness (QED) is 0.686. The van der Waals surface area contributed by atoms with E-state index in [0.717, 1.165) is 6.26 Å². The van der Waals surface area contributed by atoms with Gasteiger partial charge >= 0.3 is 11.9 Å². The van der Waals surface area contributed by atoms with Crippen LogP contribution in [0.15, 0.2) is 73.5 Å². The van der Waals surface area contributed by atoms with E-state index in [1.54, 1.807) is 54.6 Å². The second-order valence-electron chi connectivity index (χ2n) is 3.61. The molecule has 0 saturated carbocycles. The summed E-state index contributed by atoms with van der Waals surface area (Å²) in [6.07, 6.45) is 1.12. The Bertz CT molecular complexity index is 562. The Morgan fingerprint density at radius 2 is 1.35 bits per heavy atom. The second kappa shape index (κ2) is 8.26. The minimum Gasteiger partial charge on any atom is -0.478 e. The minimum atomic E-state index is -0.879. The van der Waals surface area contributed by atoms with E-state index in [0.29, 0.717) is 11.1 Å². The van der Waals surface area contributed by atoms with Gasteiger partial charge in [-0.1, -0.05) is 43.0 Å². The lowest BCUT2D eigenvalue weighted by atomic mass is 10.2. The van der Waals surface area contributed by atoms with E-state index < -0.39 is 5.97 Å². The molecule has 0 aromatic heterocycles. The topological polar surface area (TPSA) is 63.6 Å². The second-order valence-corrected chi connectivity index (χ2v) is 3.61. The largest absolute Gasteiger partial charge is 0.478 e. The zero-order valence-corrected chi connectivity index (χ0v) is 10.7. The van der Waals surface area contributed by atoms with E-state index in [1.807, 2.05) is 6.07 Å². The van der Waals surface area contributed by atoms with Crippen LogP contribution in [0.1, 0.15) is 20.7 Å². The molecule has 0 amide bonds. The first-order chi connectivity index (χ1) is 9.65. The molecule has 4 nitrogen and oxygen atoms in total. The number of hydrogen-bond acceptors (Lipinski definition) is 3. The summed E-state index contributed by atoms with van der Waals surface area (Å²) in [5, 5.41) is 8.38. The van der Waals surface area contributed by atoms with Gasteiger partial charge in [-0.05, 0) is 24.3 Å². The maximum Gasteiger partial charge on any atom is 0.342 e. The Morgan fingerprint density at radius 3 is 1.70 bits per heavy atom. The summed E-state index contributed by atoms with van der Waals surface area (Å²) in [4.78, 5) is 21.2. The van der Waals surface area contributed by atoms with E-state index in [2.05, 4.69) is 11.3 Å². The van der Waals surface area contributed by atoms with Crippen LogP contribution in [0.25, 0.3) is 0 Å². The van der Waals surface area contributed by atoms with Gasteiger partial charge in [0.25, 0.3) is 0 Å². The lowest BCUT2D eigenvalue weighted by molar-refractivity contribution is 0.0661. The fourth-order valence-corrected chi connectivity index (χ4v) is 1.30. The van der Waals surface area contributed by atoms with Gasteiger partial charge in [-0.25, -0.2) is 9.59 Å². The average Bonchev–Trinajstić information content (AvgIpc) is 2.50. The van der Waals surface area contributed by atoms with Crippen LogP contribution in [-0.2, 0) is 4.74 Å². The molecule has 2 rings (SSSR count). The molecule has 0 unspecified atom stereocenters. The third-order valence-electron chi connectivity index (χ3n) is 2.22. The highest BCUT2D eigenvalue weighted by atomic mass is 16.5. The van der Waals surface area contributed by atoms with E-state index in [9.17, 15) is 9.59 Å². The van der Waals surface area contributed by atoms with Crippen molar-refractivity contribution < 1.29 is 19.4 Å². The molecule has 0 saturated heterocycles. The molecule has 2 aromatic rings. The first kappa shape index (κ1) is 15.2. The molecule has 0 radical (unpaired) electrons. The number of carbonyl (C=O) groups excluding carboxylic acids is 1. The summed E-state index contributed by atoms with van der Waals surface area (Å²) in [5.41, 5.74) is 0.866. The maximum atomic E-state index is 11.0. The zero-order chi connectivity index (χ0) is 14.8. The highest BCUT2D eigenvalue weighted by Crippen LogP contribution is 2.00. The molecule has 4 heteroatoms. The van der Waals surface area contributed by atoms with Gasteiger partial charge in [-0.2, -0.15) is 0 Å². The van der Waals surface area contributed by atoms with E-state index >= 15 is 0 Å². The molecule has 0 fully saturated rings. The fourth-order valence-electron chi connectivity index (χ4n) is 1.30. The Labute approximate surface area is 116 Å². The first-order valence-corrected chi connectivity index (χ1v) is 5.80. The highest BCUT2D eigenvalue weighted by Gasteiger charge is 2.01. The molecule has 0 aliphatic rings. The number of aromatic carboxylic acids is 1. The standard InChI is InChI=1S/C9H8O2.C7H6O2/c1-2-11-9(10)8-6-4-3-5-7-8;8-7(9)6-4-2-1-3-5-6/h2-7H,1H2;1-5H,(H,8,9). The van der Waals surface area contributed by atoms with E-state index in [1.165, 1.54) is 0 Å². The van der Waals surface area contributed by atoms with Crippen LogP contribution < -0.4 is 0 Å². The zero-order valence-electron chi connectivity index (χ0n) is 10.7. The summed E-state index contributed by atoms with van der Waals surface area (Å²) < 4.78 is 4.55. The van der Waals surface area contributed by atoms with Crippen molar-refractivity contribution in [2.75, 3.05) is 0 Å². The molecule has 0 atom stereocenters. The van der Waals surface area contributed by atoms with E-state index in [4.69, 9.17) is 5.11 Å². The first-order valence-electron chi connectivity index (χ1n) is 5.80. The van der Waals surface area contributed by atoms with Gasteiger partial charge in [0, 0.05) is 0 Å². The predicted octanol–water partition coefficient (Wildman–Crippen LogP) is 3.37. The summed E-state index contributed by atoms with van der Waals surface area (Å²) in [6, 6.07) is 17.1. The van der Waals surface area contributed by atoms with Gasteiger partial charge in [0.2, 0.25) is 0 Å². The summed E-state index contributed by atoms with van der Waals surface area (Å²) in [5.74, 6) is -1.25. The number of benzene rings is 2. The van der Waals surface area contributed by atoms with Crippen molar-refractivity contribution >= 4 is 11.9 Å². The van der Waals surface area contributed by atoms with Gasteiger partial charge in [0.15, 0.2) is 0 Å². The van der Waals surface area contributed by atoms with Crippen molar-refractivity contribution in [1.82, 2.24) is 0 Å². The van der Waals surface area contributed by atoms with Crippen molar-refractivity contribution in [3.05, 3.63) is 84.6 Å². The number of carboxylic acids is 1. The lowest BCUT2D eigenvalue weighted by Crippen LogP contribution is -1.98. The van der Waals surface area contributed by atoms with Gasteiger partial charge < -0.3 is 9.84 Å². The smallest absolute Gasteiger partial charge is 0.342 e. The van der Waals surface area contributed by atoms with Crippen LogP contribution in [0, 0.1) is 0 Å². The molecule has 102 valence electrons. The number of carboxylic acid groups (broad SMARTS) is 1. The van der Waals surface area contributed by atoms with Crippen molar-refractivity contribution in [2.45, 2.75) is 0 Å². The molecule has 0 aliphatic heterocycles. The van der Waals surface area contributed by atoms with Crippen LogP contribution >= 0.6 is 0 Å². The van der Waals surface area contributed by atoms with Crippen LogP contribution in [0.5, 0.6) is 0 Å². The normalized spacial score (nSPS) is 8.80. The third-order valence-corrected chi connectivity index (χ3v) is 2.22. The average molecular weight is 270 g/mol. The fraction of sp³-hybridized carbons (Fsp3) is 0. The van der Waals surface area contributed by atoms with Gasteiger partial charge in [-0.15, -0.1) is 0 Å².